The molecule has 0 fully saturated rings. The molecule has 10 rings (SSSR count). The zero-order chi connectivity index (χ0) is 31.6. The van der Waals surface area contributed by atoms with Gasteiger partial charge >= 0.3 is 0 Å². The first-order valence-corrected chi connectivity index (χ1v) is 16.3. The van der Waals surface area contributed by atoms with Gasteiger partial charge in [0.2, 0.25) is 0 Å². The molecule has 3 heterocycles. The lowest BCUT2D eigenvalue weighted by molar-refractivity contribution is 1.05. The smallest absolute Gasteiger partial charge is 0.162 e. The van der Waals surface area contributed by atoms with Crippen LogP contribution in [0.5, 0.6) is 0 Å². The molecule has 48 heavy (non-hydrogen) atoms. The second-order valence-electron chi connectivity index (χ2n) is 12.2. The van der Waals surface area contributed by atoms with E-state index in [1.165, 1.54) is 43.4 Å². The molecule has 0 bridgehead atoms. The van der Waals surface area contributed by atoms with Crippen molar-refractivity contribution in [3.8, 4) is 34.2 Å². The quantitative estimate of drug-likeness (QED) is 0.198. The number of para-hydroxylation sites is 3. The van der Waals surface area contributed by atoms with Crippen LogP contribution in [0.1, 0.15) is 0 Å². The summed E-state index contributed by atoms with van der Waals surface area (Å²) in [5, 5.41) is 7.40. The standard InChI is InChI=1S/C44H28N4/c1-4-14-29(15-5-1)35-28-40(46-44(45-35)31-16-6-2-7-17-31)48-37-23-13-11-21-34(37)43-39(48)27-25-30-24-26-38-42(41(30)43)33-20-10-12-22-36(33)47(38)32-18-8-3-9-19-32/h1-28H. The highest BCUT2D eigenvalue weighted by Crippen LogP contribution is 2.43. The highest BCUT2D eigenvalue weighted by atomic mass is 15.1. The second kappa shape index (κ2) is 10.5. The molecule has 0 unspecified atom stereocenters. The Hall–Kier alpha value is -6.52. The maximum Gasteiger partial charge on any atom is 0.162 e. The summed E-state index contributed by atoms with van der Waals surface area (Å²) in [6.45, 7) is 0. The fraction of sp³-hybridized carbons (Fsp3) is 0. The molecule has 224 valence electrons. The van der Waals surface area contributed by atoms with Gasteiger partial charge in [0.05, 0.1) is 27.8 Å². The van der Waals surface area contributed by atoms with E-state index in [2.05, 4.69) is 155 Å². The molecule has 4 nitrogen and oxygen atoms in total. The van der Waals surface area contributed by atoms with E-state index in [0.29, 0.717) is 5.82 Å². The van der Waals surface area contributed by atoms with E-state index in [0.717, 1.165) is 39.4 Å². The monoisotopic (exact) mass is 612 g/mol. The molecular weight excluding hydrogens is 585 g/mol. The van der Waals surface area contributed by atoms with Crippen molar-refractivity contribution in [2.75, 3.05) is 0 Å². The fourth-order valence-corrected chi connectivity index (χ4v) is 7.46. The van der Waals surface area contributed by atoms with Crippen molar-refractivity contribution in [1.29, 1.82) is 0 Å². The molecule has 0 saturated heterocycles. The summed E-state index contributed by atoms with van der Waals surface area (Å²) in [6.07, 6.45) is 0. The van der Waals surface area contributed by atoms with E-state index in [4.69, 9.17) is 9.97 Å². The average molecular weight is 613 g/mol. The van der Waals surface area contributed by atoms with Crippen molar-refractivity contribution in [2.24, 2.45) is 0 Å². The Bertz CT molecular complexity index is 2760. The van der Waals surface area contributed by atoms with Crippen molar-refractivity contribution in [3.05, 3.63) is 170 Å². The van der Waals surface area contributed by atoms with E-state index >= 15 is 0 Å². The molecular formula is C44H28N4. The summed E-state index contributed by atoms with van der Waals surface area (Å²) in [7, 11) is 0. The van der Waals surface area contributed by atoms with E-state index in [1.807, 2.05) is 24.3 Å². The number of hydrogen-bond donors (Lipinski definition) is 0. The van der Waals surface area contributed by atoms with Gasteiger partial charge in [-0.3, -0.25) is 4.57 Å². The number of benzene rings is 7. The SMILES string of the molecule is c1ccc(-c2cc(-n3c4ccccc4c4c5c(ccc6c5c5ccccc5n6-c5ccccc5)ccc43)nc(-c3ccccc3)n2)cc1. The third-order valence-electron chi connectivity index (χ3n) is 9.51. The largest absolute Gasteiger partial charge is 0.309 e. The Labute approximate surface area is 276 Å². The molecule has 0 aliphatic carbocycles. The minimum atomic E-state index is 0.701. The van der Waals surface area contributed by atoms with Crippen molar-refractivity contribution >= 4 is 54.4 Å². The van der Waals surface area contributed by atoms with Gasteiger partial charge in [-0.2, -0.15) is 0 Å². The van der Waals surface area contributed by atoms with Crippen molar-refractivity contribution in [2.45, 2.75) is 0 Å². The molecule has 3 aromatic heterocycles. The fourth-order valence-electron chi connectivity index (χ4n) is 7.46. The normalized spacial score (nSPS) is 11.8. The van der Waals surface area contributed by atoms with Crippen molar-refractivity contribution < 1.29 is 0 Å². The van der Waals surface area contributed by atoms with Crippen LogP contribution in [0, 0.1) is 0 Å². The van der Waals surface area contributed by atoms with Crippen molar-refractivity contribution in [1.82, 2.24) is 19.1 Å². The Morgan fingerprint density at radius 3 is 1.54 bits per heavy atom. The molecule has 0 spiro atoms. The molecule has 0 aliphatic heterocycles. The summed E-state index contributed by atoms with van der Waals surface area (Å²) >= 11 is 0. The first kappa shape index (κ1) is 26.7. The topological polar surface area (TPSA) is 35.6 Å². The van der Waals surface area contributed by atoms with E-state index in [9.17, 15) is 0 Å². The number of nitrogens with zero attached hydrogens (tertiary/aromatic N) is 4. The predicted molar refractivity (Wildman–Crippen MR) is 199 cm³/mol. The summed E-state index contributed by atoms with van der Waals surface area (Å²) in [6, 6.07) is 60.0. The lowest BCUT2D eigenvalue weighted by Crippen LogP contribution is -2.02. The number of hydrogen-bond acceptors (Lipinski definition) is 2. The van der Waals surface area contributed by atoms with Gasteiger partial charge in [0.1, 0.15) is 5.82 Å². The second-order valence-corrected chi connectivity index (χ2v) is 12.2. The van der Waals surface area contributed by atoms with Crippen LogP contribution in [0.25, 0.3) is 88.5 Å². The highest BCUT2D eigenvalue weighted by Gasteiger charge is 2.21. The number of aromatic nitrogens is 4. The van der Waals surface area contributed by atoms with Gasteiger partial charge in [0.25, 0.3) is 0 Å². The van der Waals surface area contributed by atoms with Gasteiger partial charge in [0, 0.05) is 49.8 Å². The summed E-state index contributed by atoms with van der Waals surface area (Å²) in [4.78, 5) is 10.3. The zero-order valence-electron chi connectivity index (χ0n) is 26.0. The first-order chi connectivity index (χ1) is 23.8. The van der Waals surface area contributed by atoms with Crippen LogP contribution in [0.3, 0.4) is 0 Å². The lowest BCUT2D eigenvalue weighted by atomic mass is 9.98. The first-order valence-electron chi connectivity index (χ1n) is 16.3. The molecule has 0 atom stereocenters. The Morgan fingerprint density at radius 1 is 0.375 bits per heavy atom. The average Bonchev–Trinajstić information content (AvgIpc) is 3.69. The summed E-state index contributed by atoms with van der Waals surface area (Å²) < 4.78 is 4.71. The molecule has 7 aromatic carbocycles. The third-order valence-corrected chi connectivity index (χ3v) is 9.51. The summed E-state index contributed by atoms with van der Waals surface area (Å²) in [5.74, 6) is 1.54. The van der Waals surface area contributed by atoms with Crippen LogP contribution in [-0.2, 0) is 0 Å². The van der Waals surface area contributed by atoms with E-state index in [-0.39, 0.29) is 0 Å². The van der Waals surface area contributed by atoms with Gasteiger partial charge in [-0.15, -0.1) is 0 Å². The van der Waals surface area contributed by atoms with Gasteiger partial charge in [-0.1, -0.05) is 127 Å². The minimum absolute atomic E-state index is 0.701. The molecule has 0 amide bonds. The highest BCUT2D eigenvalue weighted by molar-refractivity contribution is 6.33. The van der Waals surface area contributed by atoms with Crippen LogP contribution in [0.4, 0.5) is 0 Å². The Balaban J connectivity index is 1.35. The van der Waals surface area contributed by atoms with Crippen molar-refractivity contribution in [3.63, 3.8) is 0 Å². The number of rotatable bonds is 4. The summed E-state index contributed by atoms with van der Waals surface area (Å²) in [5.41, 5.74) is 8.70. The molecule has 0 radical (unpaired) electrons. The lowest BCUT2D eigenvalue weighted by Gasteiger charge is -2.12. The minimum Gasteiger partial charge on any atom is -0.309 e. The maximum absolute atomic E-state index is 5.26. The van der Waals surface area contributed by atoms with Crippen LogP contribution in [0.2, 0.25) is 0 Å². The third kappa shape index (κ3) is 3.96. The molecule has 4 heteroatoms. The van der Waals surface area contributed by atoms with Crippen LogP contribution in [0.15, 0.2) is 170 Å². The molecule has 0 N–H and O–H groups in total. The van der Waals surface area contributed by atoms with E-state index < -0.39 is 0 Å². The predicted octanol–water partition coefficient (Wildman–Crippen LogP) is 11.2. The number of fused-ring (bicyclic) bond motifs is 9. The van der Waals surface area contributed by atoms with Crippen LogP contribution in [-0.4, -0.2) is 19.1 Å². The van der Waals surface area contributed by atoms with Gasteiger partial charge in [-0.25, -0.2) is 9.97 Å². The molecule has 0 aliphatic rings. The Kier molecular flexibility index (Phi) is 5.84. The van der Waals surface area contributed by atoms with Gasteiger partial charge in [-0.05, 0) is 41.8 Å². The molecule has 0 saturated carbocycles. The van der Waals surface area contributed by atoms with E-state index in [1.54, 1.807) is 0 Å². The Morgan fingerprint density at radius 2 is 0.896 bits per heavy atom. The van der Waals surface area contributed by atoms with Crippen LogP contribution >= 0.6 is 0 Å². The van der Waals surface area contributed by atoms with Crippen LogP contribution < -0.4 is 0 Å². The maximum atomic E-state index is 5.26. The zero-order valence-corrected chi connectivity index (χ0v) is 26.0. The molecule has 10 aromatic rings. The van der Waals surface area contributed by atoms with Gasteiger partial charge < -0.3 is 4.57 Å². The van der Waals surface area contributed by atoms with Gasteiger partial charge in [0.15, 0.2) is 5.82 Å².